The van der Waals surface area contributed by atoms with Crippen molar-refractivity contribution >= 4 is 50.7 Å². The Bertz CT molecular complexity index is 1200. The Labute approximate surface area is 223 Å². The highest BCUT2D eigenvalue weighted by Crippen LogP contribution is 2.29. The summed E-state index contributed by atoms with van der Waals surface area (Å²) in [6.07, 6.45) is 5.36. The zero-order chi connectivity index (χ0) is 26.5. The van der Waals surface area contributed by atoms with Crippen molar-refractivity contribution in [3.8, 4) is 0 Å². The molecule has 1 fully saturated rings. The molecule has 0 saturated heterocycles. The zero-order valence-electron chi connectivity index (χ0n) is 20.8. The molecule has 0 radical (unpaired) electrons. The second-order valence-corrected chi connectivity index (χ2v) is 11.9. The van der Waals surface area contributed by atoms with Crippen LogP contribution in [0.15, 0.2) is 42.5 Å². The predicted molar refractivity (Wildman–Crippen MR) is 145 cm³/mol. The van der Waals surface area contributed by atoms with E-state index in [2.05, 4.69) is 5.32 Å². The van der Waals surface area contributed by atoms with Crippen LogP contribution < -0.4 is 9.62 Å². The van der Waals surface area contributed by atoms with Crippen LogP contribution in [-0.4, -0.2) is 50.0 Å². The van der Waals surface area contributed by atoms with Gasteiger partial charge in [-0.25, -0.2) is 8.42 Å². The van der Waals surface area contributed by atoms with Gasteiger partial charge in [-0.15, -0.1) is 0 Å². The number of nitrogens with one attached hydrogen (secondary N) is 1. The molecule has 0 heterocycles. The lowest BCUT2D eigenvalue weighted by Gasteiger charge is -2.34. The highest BCUT2D eigenvalue weighted by Gasteiger charge is 2.33. The van der Waals surface area contributed by atoms with Crippen molar-refractivity contribution in [2.45, 2.75) is 64.6 Å². The molecule has 0 aliphatic heterocycles. The summed E-state index contributed by atoms with van der Waals surface area (Å²) in [7, 11) is -3.84. The largest absolute Gasteiger partial charge is 0.352 e. The normalized spacial score (nSPS) is 14.9. The van der Waals surface area contributed by atoms with E-state index in [9.17, 15) is 18.0 Å². The van der Waals surface area contributed by atoms with Gasteiger partial charge in [0.2, 0.25) is 21.8 Å². The van der Waals surface area contributed by atoms with Crippen LogP contribution in [-0.2, 0) is 26.2 Å². The minimum Gasteiger partial charge on any atom is -0.352 e. The fraction of sp³-hybridized carbons (Fsp3) is 0.462. The third-order valence-corrected chi connectivity index (χ3v) is 8.48. The molecule has 2 aromatic rings. The number of carbonyl (C=O) groups excluding carboxylic acids is 2. The standard InChI is InChI=1S/C26H33Cl2N3O4S/c1-4-23(26(33)29-20-11-6-7-12-20)30(16-19-10-5-8-13-22(19)28)25(32)17-31(36(3,34)35)24-15-9-14-21(27)18(24)2/h5,8-10,13-15,20,23H,4,6-7,11-12,16-17H2,1-3H3,(H,29,33)/t23-/m1/s1. The molecule has 1 saturated carbocycles. The van der Waals surface area contributed by atoms with Gasteiger partial charge < -0.3 is 10.2 Å². The molecule has 36 heavy (non-hydrogen) atoms. The number of hydrogen-bond donors (Lipinski definition) is 1. The van der Waals surface area contributed by atoms with Gasteiger partial charge in [0.25, 0.3) is 0 Å². The van der Waals surface area contributed by atoms with E-state index in [0.717, 1.165) is 36.2 Å². The number of nitrogens with zero attached hydrogens (tertiary/aromatic N) is 2. The monoisotopic (exact) mass is 553 g/mol. The summed E-state index contributed by atoms with van der Waals surface area (Å²) in [6, 6.07) is 11.3. The molecule has 10 heteroatoms. The molecule has 1 aliphatic rings. The molecule has 1 N–H and O–H groups in total. The van der Waals surface area contributed by atoms with Gasteiger partial charge in [0.1, 0.15) is 12.6 Å². The smallest absolute Gasteiger partial charge is 0.244 e. The maximum absolute atomic E-state index is 13.8. The van der Waals surface area contributed by atoms with Crippen molar-refractivity contribution in [3.63, 3.8) is 0 Å². The molecule has 2 aromatic carbocycles. The highest BCUT2D eigenvalue weighted by atomic mass is 35.5. The van der Waals surface area contributed by atoms with Crippen LogP contribution in [0.1, 0.15) is 50.2 Å². The Morgan fingerprint density at radius 2 is 1.69 bits per heavy atom. The van der Waals surface area contributed by atoms with Crippen LogP contribution >= 0.6 is 23.2 Å². The van der Waals surface area contributed by atoms with Gasteiger partial charge in [-0.2, -0.15) is 0 Å². The summed E-state index contributed by atoms with van der Waals surface area (Å²) in [5.41, 5.74) is 1.53. The van der Waals surface area contributed by atoms with Crippen molar-refractivity contribution in [1.29, 1.82) is 0 Å². The fourth-order valence-corrected chi connectivity index (χ4v) is 5.82. The summed E-state index contributed by atoms with van der Waals surface area (Å²) < 4.78 is 26.6. The van der Waals surface area contributed by atoms with Gasteiger partial charge in [0, 0.05) is 22.6 Å². The number of hydrogen-bond acceptors (Lipinski definition) is 4. The summed E-state index contributed by atoms with van der Waals surface area (Å²) in [5.74, 6) is -0.747. The minimum absolute atomic E-state index is 0.0707. The van der Waals surface area contributed by atoms with Crippen LogP contribution in [0.25, 0.3) is 0 Å². The topological polar surface area (TPSA) is 86.8 Å². The molecule has 3 rings (SSSR count). The van der Waals surface area contributed by atoms with E-state index < -0.39 is 28.5 Å². The van der Waals surface area contributed by atoms with E-state index in [1.165, 1.54) is 4.90 Å². The Morgan fingerprint density at radius 3 is 2.31 bits per heavy atom. The van der Waals surface area contributed by atoms with Crippen LogP contribution in [0.2, 0.25) is 10.0 Å². The molecule has 7 nitrogen and oxygen atoms in total. The van der Waals surface area contributed by atoms with Crippen LogP contribution in [0, 0.1) is 6.92 Å². The number of rotatable bonds is 10. The maximum Gasteiger partial charge on any atom is 0.244 e. The maximum atomic E-state index is 13.8. The molecular formula is C26H33Cl2N3O4S. The third-order valence-electron chi connectivity index (χ3n) is 6.57. The SMILES string of the molecule is CC[C@H](C(=O)NC1CCCC1)N(Cc1ccccc1Cl)C(=O)CN(c1cccc(Cl)c1C)S(C)(=O)=O. The van der Waals surface area contributed by atoms with E-state index in [1.807, 2.05) is 13.0 Å². The van der Waals surface area contributed by atoms with Crippen molar-refractivity contribution < 1.29 is 18.0 Å². The van der Waals surface area contributed by atoms with Crippen molar-refractivity contribution in [3.05, 3.63) is 63.6 Å². The van der Waals surface area contributed by atoms with E-state index >= 15 is 0 Å². The van der Waals surface area contributed by atoms with Gasteiger partial charge in [0.05, 0.1) is 11.9 Å². The third kappa shape index (κ3) is 6.93. The van der Waals surface area contributed by atoms with Gasteiger partial charge in [-0.05, 0) is 55.5 Å². The van der Waals surface area contributed by atoms with Crippen molar-refractivity contribution in [1.82, 2.24) is 10.2 Å². The molecular weight excluding hydrogens is 521 g/mol. The van der Waals surface area contributed by atoms with Gasteiger partial charge in [0.15, 0.2) is 0 Å². The van der Waals surface area contributed by atoms with Crippen LogP contribution in [0.5, 0.6) is 0 Å². The van der Waals surface area contributed by atoms with Crippen LogP contribution in [0.3, 0.4) is 0 Å². The van der Waals surface area contributed by atoms with Gasteiger partial charge in [-0.1, -0.05) is 67.2 Å². The lowest BCUT2D eigenvalue weighted by molar-refractivity contribution is -0.140. The number of carbonyl (C=O) groups is 2. The first-order valence-corrected chi connectivity index (χ1v) is 14.7. The van der Waals surface area contributed by atoms with Crippen molar-refractivity contribution in [2.75, 3.05) is 17.1 Å². The molecule has 0 unspecified atom stereocenters. The first kappa shape index (κ1) is 28.3. The molecule has 0 bridgehead atoms. The summed E-state index contributed by atoms with van der Waals surface area (Å²) in [6.45, 7) is 3.13. The Morgan fingerprint density at radius 1 is 1.06 bits per heavy atom. The number of halogens is 2. The highest BCUT2D eigenvalue weighted by molar-refractivity contribution is 7.92. The van der Waals surface area contributed by atoms with E-state index in [4.69, 9.17) is 23.2 Å². The van der Waals surface area contributed by atoms with Gasteiger partial charge in [-0.3, -0.25) is 13.9 Å². The number of anilines is 1. The Hall–Kier alpha value is -2.29. The van der Waals surface area contributed by atoms with E-state index in [-0.39, 0.29) is 18.5 Å². The fourth-order valence-electron chi connectivity index (χ4n) is 4.56. The molecule has 1 aliphatic carbocycles. The lowest BCUT2D eigenvalue weighted by Crippen LogP contribution is -2.53. The second kappa shape index (κ2) is 12.3. The first-order valence-electron chi connectivity index (χ1n) is 12.1. The Balaban J connectivity index is 1.96. The minimum atomic E-state index is -3.84. The van der Waals surface area contributed by atoms with E-state index in [0.29, 0.717) is 33.3 Å². The average Bonchev–Trinajstić information content (AvgIpc) is 3.33. The summed E-state index contributed by atoms with van der Waals surface area (Å²) >= 11 is 12.6. The van der Waals surface area contributed by atoms with E-state index in [1.54, 1.807) is 43.3 Å². The molecule has 2 amide bonds. The zero-order valence-corrected chi connectivity index (χ0v) is 23.2. The first-order chi connectivity index (χ1) is 17.0. The summed E-state index contributed by atoms with van der Waals surface area (Å²) in [4.78, 5) is 28.5. The van der Waals surface area contributed by atoms with Crippen LogP contribution in [0.4, 0.5) is 5.69 Å². The molecule has 0 aromatic heterocycles. The molecule has 1 atom stereocenters. The quantitative estimate of drug-likeness (QED) is 0.451. The molecule has 0 spiro atoms. The lowest BCUT2D eigenvalue weighted by atomic mass is 10.1. The predicted octanol–water partition coefficient (Wildman–Crippen LogP) is 4.93. The number of amides is 2. The molecule has 196 valence electrons. The second-order valence-electron chi connectivity index (χ2n) is 9.18. The summed E-state index contributed by atoms with van der Waals surface area (Å²) in [5, 5.41) is 3.94. The number of benzene rings is 2. The van der Waals surface area contributed by atoms with Gasteiger partial charge >= 0.3 is 0 Å². The average molecular weight is 555 g/mol. The Kier molecular flexibility index (Phi) is 9.66. The van der Waals surface area contributed by atoms with Crippen molar-refractivity contribution in [2.24, 2.45) is 0 Å². The number of sulfonamides is 1.